The van der Waals surface area contributed by atoms with E-state index in [1.807, 2.05) is 6.92 Å². The SMILES string of the molecule is COC[C@H](C)NC(=O)c1ccc(OCc2noc(C)n2)cc1. The molecule has 118 valence electrons. The van der Waals surface area contributed by atoms with Gasteiger partial charge in [-0.3, -0.25) is 4.79 Å². The smallest absolute Gasteiger partial charge is 0.251 e. The molecule has 2 rings (SSSR count). The maximum Gasteiger partial charge on any atom is 0.251 e. The monoisotopic (exact) mass is 305 g/mol. The Kier molecular flexibility index (Phi) is 5.48. The largest absolute Gasteiger partial charge is 0.485 e. The summed E-state index contributed by atoms with van der Waals surface area (Å²) in [4.78, 5) is 16.0. The lowest BCUT2D eigenvalue weighted by Crippen LogP contribution is -2.35. The van der Waals surface area contributed by atoms with Crippen molar-refractivity contribution in [3.05, 3.63) is 41.5 Å². The maximum absolute atomic E-state index is 12.0. The normalized spacial score (nSPS) is 12.0. The van der Waals surface area contributed by atoms with Crippen LogP contribution in [0.3, 0.4) is 0 Å². The highest BCUT2D eigenvalue weighted by atomic mass is 16.5. The maximum atomic E-state index is 12.0. The van der Waals surface area contributed by atoms with Crippen molar-refractivity contribution in [3.63, 3.8) is 0 Å². The molecule has 7 nitrogen and oxygen atoms in total. The van der Waals surface area contributed by atoms with Gasteiger partial charge in [-0.05, 0) is 31.2 Å². The summed E-state index contributed by atoms with van der Waals surface area (Å²) in [6.07, 6.45) is 0. The first-order valence-electron chi connectivity index (χ1n) is 6.90. The lowest BCUT2D eigenvalue weighted by Gasteiger charge is -2.12. The number of methoxy groups -OCH3 is 1. The Morgan fingerprint density at radius 1 is 1.36 bits per heavy atom. The summed E-state index contributed by atoms with van der Waals surface area (Å²) in [5, 5.41) is 6.58. The fraction of sp³-hybridized carbons (Fsp3) is 0.400. The van der Waals surface area contributed by atoms with Crippen LogP contribution >= 0.6 is 0 Å². The third-order valence-electron chi connectivity index (χ3n) is 2.85. The summed E-state index contributed by atoms with van der Waals surface area (Å²) in [5.41, 5.74) is 0.561. The van der Waals surface area contributed by atoms with Gasteiger partial charge in [-0.1, -0.05) is 5.16 Å². The summed E-state index contributed by atoms with van der Waals surface area (Å²) in [6.45, 7) is 4.28. The first kappa shape index (κ1) is 16.0. The Bertz CT molecular complexity index is 610. The molecule has 0 aliphatic rings. The number of ether oxygens (including phenoxy) is 2. The highest BCUT2D eigenvalue weighted by molar-refractivity contribution is 5.94. The first-order valence-corrected chi connectivity index (χ1v) is 6.90. The van der Waals surface area contributed by atoms with E-state index in [0.717, 1.165) is 0 Å². The van der Waals surface area contributed by atoms with Crippen molar-refractivity contribution >= 4 is 5.91 Å². The Morgan fingerprint density at radius 3 is 2.68 bits per heavy atom. The van der Waals surface area contributed by atoms with E-state index in [1.165, 1.54) is 0 Å². The first-order chi connectivity index (χ1) is 10.6. The van der Waals surface area contributed by atoms with E-state index in [-0.39, 0.29) is 18.6 Å². The topological polar surface area (TPSA) is 86.5 Å². The number of rotatable bonds is 7. The number of amides is 1. The van der Waals surface area contributed by atoms with E-state index in [1.54, 1.807) is 38.3 Å². The van der Waals surface area contributed by atoms with Crippen LogP contribution in [0.25, 0.3) is 0 Å². The summed E-state index contributed by atoms with van der Waals surface area (Å²) < 4.78 is 15.4. The van der Waals surface area contributed by atoms with Gasteiger partial charge in [0, 0.05) is 25.6 Å². The lowest BCUT2D eigenvalue weighted by atomic mass is 10.2. The van der Waals surface area contributed by atoms with Gasteiger partial charge in [-0.15, -0.1) is 0 Å². The fourth-order valence-corrected chi connectivity index (χ4v) is 1.85. The molecule has 1 atom stereocenters. The zero-order valence-electron chi connectivity index (χ0n) is 12.8. The summed E-state index contributed by atoms with van der Waals surface area (Å²) >= 11 is 0. The van der Waals surface area contributed by atoms with Crippen molar-refractivity contribution in [2.45, 2.75) is 26.5 Å². The van der Waals surface area contributed by atoms with Crippen LogP contribution in [0.15, 0.2) is 28.8 Å². The molecule has 1 aromatic heterocycles. The zero-order valence-corrected chi connectivity index (χ0v) is 12.8. The van der Waals surface area contributed by atoms with Crippen LogP contribution in [0.2, 0.25) is 0 Å². The molecule has 0 saturated heterocycles. The Morgan fingerprint density at radius 2 is 2.09 bits per heavy atom. The van der Waals surface area contributed by atoms with Crippen molar-refractivity contribution in [3.8, 4) is 5.75 Å². The van der Waals surface area contributed by atoms with Crippen LogP contribution in [0, 0.1) is 6.92 Å². The minimum atomic E-state index is -0.148. The molecule has 7 heteroatoms. The number of carbonyl (C=O) groups is 1. The third-order valence-corrected chi connectivity index (χ3v) is 2.85. The van der Waals surface area contributed by atoms with Gasteiger partial charge in [-0.2, -0.15) is 4.98 Å². The molecule has 0 saturated carbocycles. The van der Waals surface area contributed by atoms with Crippen LogP contribution in [0.5, 0.6) is 5.75 Å². The van der Waals surface area contributed by atoms with Gasteiger partial charge in [0.1, 0.15) is 5.75 Å². The number of benzene rings is 1. The predicted octanol–water partition coefficient (Wildman–Crippen LogP) is 1.72. The van der Waals surface area contributed by atoms with Crippen molar-refractivity contribution in [1.82, 2.24) is 15.5 Å². The third kappa shape index (κ3) is 4.56. The Balaban J connectivity index is 1.88. The fourth-order valence-electron chi connectivity index (χ4n) is 1.85. The van der Waals surface area contributed by atoms with Gasteiger partial charge in [-0.25, -0.2) is 0 Å². The zero-order chi connectivity index (χ0) is 15.9. The van der Waals surface area contributed by atoms with Crippen LogP contribution in [0.4, 0.5) is 0 Å². The van der Waals surface area contributed by atoms with E-state index in [9.17, 15) is 4.79 Å². The van der Waals surface area contributed by atoms with E-state index in [4.69, 9.17) is 14.0 Å². The number of hydrogen-bond acceptors (Lipinski definition) is 6. The van der Waals surface area contributed by atoms with Crippen LogP contribution < -0.4 is 10.1 Å². The predicted molar refractivity (Wildman–Crippen MR) is 78.6 cm³/mol. The molecular weight excluding hydrogens is 286 g/mol. The minimum Gasteiger partial charge on any atom is -0.485 e. The molecule has 0 bridgehead atoms. The van der Waals surface area contributed by atoms with E-state index >= 15 is 0 Å². The van der Waals surface area contributed by atoms with Crippen molar-refractivity contribution < 1.29 is 18.8 Å². The number of aromatic nitrogens is 2. The summed E-state index contributed by atoms with van der Waals surface area (Å²) in [5.74, 6) is 1.46. The highest BCUT2D eigenvalue weighted by Crippen LogP contribution is 2.13. The van der Waals surface area contributed by atoms with Gasteiger partial charge >= 0.3 is 0 Å². The number of aryl methyl sites for hydroxylation is 1. The highest BCUT2D eigenvalue weighted by Gasteiger charge is 2.10. The lowest BCUT2D eigenvalue weighted by molar-refractivity contribution is 0.0905. The van der Waals surface area contributed by atoms with E-state index in [2.05, 4.69) is 15.5 Å². The van der Waals surface area contributed by atoms with Crippen molar-refractivity contribution in [2.24, 2.45) is 0 Å². The van der Waals surface area contributed by atoms with Gasteiger partial charge in [0.25, 0.3) is 5.91 Å². The summed E-state index contributed by atoms with van der Waals surface area (Å²) in [7, 11) is 1.60. The number of hydrogen-bond donors (Lipinski definition) is 1. The number of nitrogens with one attached hydrogen (secondary N) is 1. The van der Waals surface area contributed by atoms with E-state index < -0.39 is 0 Å². The Hall–Kier alpha value is -2.41. The van der Waals surface area contributed by atoms with Gasteiger partial charge in [0.2, 0.25) is 11.7 Å². The van der Waals surface area contributed by atoms with Crippen LogP contribution in [-0.4, -0.2) is 35.8 Å². The average Bonchev–Trinajstić information content (AvgIpc) is 2.91. The molecule has 1 amide bonds. The second kappa shape index (κ2) is 7.56. The summed E-state index contributed by atoms with van der Waals surface area (Å²) in [6, 6.07) is 6.80. The second-order valence-corrected chi connectivity index (χ2v) is 4.87. The molecule has 2 aromatic rings. The minimum absolute atomic E-state index is 0.0464. The van der Waals surface area contributed by atoms with Crippen LogP contribution in [0.1, 0.15) is 29.0 Å². The molecular formula is C15H19N3O4. The quantitative estimate of drug-likeness (QED) is 0.838. The second-order valence-electron chi connectivity index (χ2n) is 4.87. The molecule has 1 aromatic carbocycles. The average molecular weight is 305 g/mol. The van der Waals surface area contributed by atoms with Gasteiger partial charge in [0.05, 0.1) is 6.61 Å². The molecule has 0 fully saturated rings. The van der Waals surface area contributed by atoms with Gasteiger partial charge < -0.3 is 19.3 Å². The van der Waals surface area contributed by atoms with E-state index in [0.29, 0.717) is 29.6 Å². The molecule has 1 heterocycles. The van der Waals surface area contributed by atoms with Crippen molar-refractivity contribution in [2.75, 3.05) is 13.7 Å². The molecule has 0 spiro atoms. The molecule has 0 radical (unpaired) electrons. The van der Waals surface area contributed by atoms with Crippen LogP contribution in [-0.2, 0) is 11.3 Å². The molecule has 0 aliphatic carbocycles. The molecule has 22 heavy (non-hydrogen) atoms. The molecule has 0 aliphatic heterocycles. The molecule has 1 N–H and O–H groups in total. The Labute approximate surface area is 128 Å². The van der Waals surface area contributed by atoms with Crippen molar-refractivity contribution in [1.29, 1.82) is 0 Å². The number of nitrogens with zero attached hydrogens (tertiary/aromatic N) is 2. The molecule has 0 unspecified atom stereocenters. The van der Waals surface area contributed by atoms with Gasteiger partial charge in [0.15, 0.2) is 6.61 Å². The number of carbonyl (C=O) groups excluding carboxylic acids is 1. The standard InChI is InChI=1S/C15H19N3O4/c1-10(8-20-3)16-15(19)12-4-6-13(7-5-12)21-9-14-17-11(2)22-18-14/h4-7,10H,8-9H2,1-3H3,(H,16,19)/t10-/m0/s1.